The third-order valence-corrected chi connectivity index (χ3v) is 2.73. The summed E-state index contributed by atoms with van der Waals surface area (Å²) in [5.41, 5.74) is 1.23. The third kappa shape index (κ3) is 1.47. The van der Waals surface area contributed by atoms with Crippen molar-refractivity contribution in [2.45, 2.75) is 11.8 Å². The van der Waals surface area contributed by atoms with Gasteiger partial charge in [0.25, 0.3) is 5.91 Å². The van der Waals surface area contributed by atoms with Crippen LogP contribution >= 0.6 is 23.2 Å². The number of hydrogen-bond acceptors (Lipinski definition) is 2. The second-order valence-electron chi connectivity index (χ2n) is 3.09. The molecule has 1 aliphatic heterocycles. The summed E-state index contributed by atoms with van der Waals surface area (Å²) in [5, 5.41) is 9.80. The first-order chi connectivity index (χ1) is 6.59. The standard InChI is InChI=1S/C9H7Cl2NO2/c10-6-2-1-5-3-7(11)9(13)12(14)8(5)4-6/h1-2,4,7,14H,3H2. The fraction of sp³-hybridized carbons (Fsp3) is 0.222. The Morgan fingerprint density at radius 3 is 2.93 bits per heavy atom. The van der Waals surface area contributed by atoms with Crippen LogP contribution in [0.3, 0.4) is 0 Å². The summed E-state index contributed by atoms with van der Waals surface area (Å²) in [6.45, 7) is 0. The third-order valence-electron chi connectivity index (χ3n) is 2.15. The van der Waals surface area contributed by atoms with Gasteiger partial charge in [0.2, 0.25) is 0 Å². The van der Waals surface area contributed by atoms with E-state index in [2.05, 4.69) is 0 Å². The molecule has 0 aromatic heterocycles. The number of amides is 1. The Labute approximate surface area is 90.8 Å². The molecule has 1 heterocycles. The van der Waals surface area contributed by atoms with Crippen molar-refractivity contribution in [3.63, 3.8) is 0 Å². The molecule has 1 aromatic rings. The zero-order valence-electron chi connectivity index (χ0n) is 7.08. The van der Waals surface area contributed by atoms with Gasteiger partial charge in [-0.1, -0.05) is 17.7 Å². The molecule has 3 nitrogen and oxygen atoms in total. The lowest BCUT2D eigenvalue weighted by Gasteiger charge is -2.26. The van der Waals surface area contributed by atoms with E-state index in [1.165, 1.54) is 6.07 Å². The number of rotatable bonds is 0. The summed E-state index contributed by atoms with van der Waals surface area (Å²) in [5.74, 6) is -0.513. The molecule has 74 valence electrons. The Hall–Kier alpha value is -0.770. The summed E-state index contributed by atoms with van der Waals surface area (Å²) in [4.78, 5) is 11.3. The molecular weight excluding hydrogens is 225 g/mol. The van der Waals surface area contributed by atoms with Crippen molar-refractivity contribution < 1.29 is 10.0 Å². The Morgan fingerprint density at radius 1 is 1.50 bits per heavy atom. The van der Waals surface area contributed by atoms with Crippen molar-refractivity contribution >= 4 is 34.8 Å². The molecule has 1 N–H and O–H groups in total. The van der Waals surface area contributed by atoms with Crippen molar-refractivity contribution in [2.75, 3.05) is 5.06 Å². The molecule has 0 bridgehead atoms. The van der Waals surface area contributed by atoms with Crippen molar-refractivity contribution in [3.05, 3.63) is 28.8 Å². The predicted octanol–water partition coefficient (Wildman–Crippen LogP) is 2.23. The first-order valence-corrected chi connectivity index (χ1v) is 4.86. The minimum Gasteiger partial charge on any atom is -0.281 e. The van der Waals surface area contributed by atoms with Gasteiger partial charge in [0.15, 0.2) is 0 Å². The Bertz CT molecular complexity index is 394. The summed E-state index contributed by atoms with van der Waals surface area (Å²) in [7, 11) is 0. The molecule has 14 heavy (non-hydrogen) atoms. The lowest BCUT2D eigenvalue weighted by Crippen LogP contribution is -2.39. The molecule has 2 rings (SSSR count). The highest BCUT2D eigenvalue weighted by Crippen LogP contribution is 2.30. The van der Waals surface area contributed by atoms with Crippen molar-refractivity contribution in [2.24, 2.45) is 0 Å². The van der Waals surface area contributed by atoms with Crippen LogP contribution in [-0.4, -0.2) is 16.5 Å². The number of carbonyl (C=O) groups excluding carboxylic acids is 1. The SMILES string of the molecule is O=C1C(Cl)Cc2ccc(Cl)cc2N1O. The van der Waals surface area contributed by atoms with E-state index >= 15 is 0 Å². The average Bonchev–Trinajstić information content (AvgIpc) is 2.16. The van der Waals surface area contributed by atoms with Crippen molar-refractivity contribution in [1.29, 1.82) is 0 Å². The van der Waals surface area contributed by atoms with Gasteiger partial charge in [-0.3, -0.25) is 10.0 Å². The molecule has 0 spiro atoms. The molecule has 0 saturated carbocycles. The van der Waals surface area contributed by atoms with Crippen LogP contribution in [0.5, 0.6) is 0 Å². The Kier molecular flexibility index (Phi) is 2.39. The smallest absolute Gasteiger partial charge is 0.269 e. The van der Waals surface area contributed by atoms with E-state index in [1.807, 2.05) is 0 Å². The summed E-state index contributed by atoms with van der Waals surface area (Å²) >= 11 is 11.5. The zero-order valence-corrected chi connectivity index (χ0v) is 8.59. The maximum Gasteiger partial charge on any atom is 0.269 e. The van der Waals surface area contributed by atoms with E-state index in [4.69, 9.17) is 23.2 Å². The molecule has 0 aliphatic carbocycles. The Balaban J connectivity index is 2.51. The molecule has 1 atom stereocenters. The fourth-order valence-electron chi connectivity index (χ4n) is 1.44. The quantitative estimate of drug-likeness (QED) is 0.550. The maximum atomic E-state index is 11.3. The van der Waals surface area contributed by atoms with Crippen LogP contribution < -0.4 is 5.06 Å². The number of alkyl halides is 1. The molecule has 1 unspecified atom stereocenters. The highest BCUT2D eigenvalue weighted by atomic mass is 35.5. The van der Waals surface area contributed by atoms with E-state index < -0.39 is 11.3 Å². The number of halogens is 2. The van der Waals surface area contributed by atoms with Gasteiger partial charge in [0.05, 0.1) is 5.69 Å². The van der Waals surface area contributed by atoms with Gasteiger partial charge < -0.3 is 0 Å². The first-order valence-electron chi connectivity index (χ1n) is 4.05. The normalized spacial score (nSPS) is 20.9. The highest BCUT2D eigenvalue weighted by Gasteiger charge is 2.30. The minimum atomic E-state index is -0.700. The van der Waals surface area contributed by atoms with E-state index in [9.17, 15) is 10.0 Å². The first kappa shape index (κ1) is 9.77. The zero-order chi connectivity index (χ0) is 10.3. The number of hydrogen-bond donors (Lipinski definition) is 1. The highest BCUT2D eigenvalue weighted by molar-refractivity contribution is 6.34. The molecule has 1 aliphatic rings. The molecule has 1 aromatic carbocycles. The van der Waals surface area contributed by atoms with E-state index in [1.54, 1.807) is 12.1 Å². The second kappa shape index (κ2) is 3.42. The monoisotopic (exact) mass is 231 g/mol. The van der Waals surface area contributed by atoms with E-state index in [0.717, 1.165) is 5.56 Å². The van der Waals surface area contributed by atoms with Gasteiger partial charge in [0, 0.05) is 5.02 Å². The Morgan fingerprint density at radius 2 is 2.21 bits per heavy atom. The largest absolute Gasteiger partial charge is 0.281 e. The van der Waals surface area contributed by atoms with Crippen LogP contribution in [0.4, 0.5) is 5.69 Å². The van der Waals surface area contributed by atoms with Crippen LogP contribution in [0.2, 0.25) is 5.02 Å². The number of fused-ring (bicyclic) bond motifs is 1. The lowest BCUT2D eigenvalue weighted by atomic mass is 10.0. The molecule has 0 fully saturated rings. The van der Waals surface area contributed by atoms with E-state index in [-0.39, 0.29) is 0 Å². The lowest BCUT2D eigenvalue weighted by molar-refractivity contribution is -0.123. The van der Waals surface area contributed by atoms with Gasteiger partial charge in [-0.05, 0) is 24.1 Å². The van der Waals surface area contributed by atoms with Gasteiger partial charge in [0.1, 0.15) is 5.38 Å². The number of carbonyl (C=O) groups is 1. The number of nitrogens with zero attached hydrogens (tertiary/aromatic N) is 1. The van der Waals surface area contributed by atoms with Crippen LogP contribution in [0, 0.1) is 0 Å². The molecule has 0 radical (unpaired) electrons. The van der Waals surface area contributed by atoms with Crippen LogP contribution in [-0.2, 0) is 11.2 Å². The van der Waals surface area contributed by atoms with Crippen molar-refractivity contribution in [3.8, 4) is 0 Å². The summed E-state index contributed by atoms with van der Waals surface area (Å²) in [6, 6.07) is 4.99. The number of anilines is 1. The predicted molar refractivity (Wildman–Crippen MR) is 54.1 cm³/mol. The molecule has 1 amide bonds. The fourth-order valence-corrected chi connectivity index (χ4v) is 1.86. The molecular formula is C9H7Cl2NO2. The van der Waals surface area contributed by atoms with Crippen LogP contribution in [0.15, 0.2) is 18.2 Å². The van der Waals surface area contributed by atoms with E-state index in [0.29, 0.717) is 22.2 Å². The average molecular weight is 232 g/mol. The van der Waals surface area contributed by atoms with Crippen molar-refractivity contribution in [1.82, 2.24) is 0 Å². The summed E-state index contributed by atoms with van der Waals surface area (Å²) < 4.78 is 0. The van der Waals surface area contributed by atoms with Gasteiger partial charge in [-0.25, -0.2) is 0 Å². The number of benzene rings is 1. The number of hydroxylamine groups is 1. The topological polar surface area (TPSA) is 40.5 Å². The molecule has 0 saturated heterocycles. The van der Waals surface area contributed by atoms with Gasteiger partial charge in [-0.15, -0.1) is 11.6 Å². The maximum absolute atomic E-state index is 11.3. The van der Waals surface area contributed by atoms with Crippen LogP contribution in [0.25, 0.3) is 0 Å². The van der Waals surface area contributed by atoms with Gasteiger partial charge >= 0.3 is 0 Å². The van der Waals surface area contributed by atoms with Crippen LogP contribution in [0.1, 0.15) is 5.56 Å². The summed E-state index contributed by atoms with van der Waals surface area (Å²) in [6.07, 6.45) is 0.421. The van der Waals surface area contributed by atoms with Gasteiger partial charge in [-0.2, -0.15) is 5.06 Å². The molecule has 5 heteroatoms. The second-order valence-corrected chi connectivity index (χ2v) is 4.06. The minimum absolute atomic E-state index is 0.416.